The van der Waals surface area contributed by atoms with Crippen molar-refractivity contribution < 1.29 is 14.2 Å². The number of halogens is 1. The molecule has 1 fully saturated rings. The molecule has 1 aromatic carbocycles. The summed E-state index contributed by atoms with van der Waals surface area (Å²) in [5.74, 6) is 2.78. The van der Waals surface area contributed by atoms with Crippen LogP contribution < -0.4 is 15.4 Å². The van der Waals surface area contributed by atoms with Crippen molar-refractivity contribution in [2.24, 2.45) is 10.9 Å². The van der Waals surface area contributed by atoms with Crippen LogP contribution >= 0.6 is 24.0 Å². The Kier molecular flexibility index (Phi) is 13.3. The van der Waals surface area contributed by atoms with Crippen molar-refractivity contribution in [1.29, 1.82) is 0 Å². The minimum Gasteiger partial charge on any atom is -0.491 e. The molecule has 2 rings (SSSR count). The fourth-order valence-corrected chi connectivity index (χ4v) is 2.99. The van der Waals surface area contributed by atoms with Crippen LogP contribution in [0.25, 0.3) is 0 Å². The third-order valence-corrected chi connectivity index (χ3v) is 4.55. The van der Waals surface area contributed by atoms with E-state index in [-0.39, 0.29) is 24.0 Å². The van der Waals surface area contributed by atoms with E-state index in [1.54, 1.807) is 7.05 Å². The molecule has 6 nitrogen and oxygen atoms in total. The first-order valence-corrected chi connectivity index (χ1v) is 10.0. The summed E-state index contributed by atoms with van der Waals surface area (Å²) in [6.07, 6.45) is 2.07. The van der Waals surface area contributed by atoms with Crippen molar-refractivity contribution in [2.75, 3.05) is 53.2 Å². The lowest BCUT2D eigenvalue weighted by Gasteiger charge is -2.15. The first-order valence-electron chi connectivity index (χ1n) is 10.0. The molecular formula is C21H36IN3O3. The molecule has 1 aliphatic heterocycles. The van der Waals surface area contributed by atoms with Gasteiger partial charge in [-0.3, -0.25) is 4.99 Å². The number of benzene rings is 1. The Bertz CT molecular complexity index is 564. The summed E-state index contributed by atoms with van der Waals surface area (Å²) in [7, 11) is 1.78. The van der Waals surface area contributed by atoms with E-state index in [0.29, 0.717) is 25.0 Å². The van der Waals surface area contributed by atoms with Crippen molar-refractivity contribution in [3.63, 3.8) is 0 Å². The first-order chi connectivity index (χ1) is 13.2. The maximum atomic E-state index is 5.92. The van der Waals surface area contributed by atoms with Crippen LogP contribution in [0.4, 0.5) is 0 Å². The average Bonchev–Trinajstić information content (AvgIpc) is 3.19. The third kappa shape index (κ3) is 9.43. The van der Waals surface area contributed by atoms with E-state index in [2.05, 4.69) is 41.6 Å². The number of nitrogens with zero attached hydrogens (tertiary/aromatic N) is 1. The van der Waals surface area contributed by atoms with Gasteiger partial charge >= 0.3 is 0 Å². The molecule has 0 amide bonds. The van der Waals surface area contributed by atoms with E-state index < -0.39 is 0 Å². The van der Waals surface area contributed by atoms with Crippen LogP contribution in [0.5, 0.6) is 5.75 Å². The van der Waals surface area contributed by atoms with Crippen LogP contribution in [0.3, 0.4) is 0 Å². The smallest absolute Gasteiger partial charge is 0.191 e. The molecule has 1 aliphatic rings. The van der Waals surface area contributed by atoms with Gasteiger partial charge in [0.15, 0.2) is 5.96 Å². The van der Waals surface area contributed by atoms with E-state index in [0.717, 1.165) is 57.5 Å². The molecule has 0 bridgehead atoms. The number of aliphatic imine (C=N–C) groups is 1. The highest BCUT2D eigenvalue weighted by Crippen LogP contribution is 2.25. The van der Waals surface area contributed by atoms with E-state index in [1.165, 1.54) is 5.56 Å². The molecular weight excluding hydrogens is 469 g/mol. The molecule has 0 saturated carbocycles. The van der Waals surface area contributed by atoms with Gasteiger partial charge in [0, 0.05) is 32.7 Å². The lowest BCUT2D eigenvalue weighted by atomic mass is 10.0. The lowest BCUT2D eigenvalue weighted by molar-refractivity contribution is 0.0888. The summed E-state index contributed by atoms with van der Waals surface area (Å²) in [6, 6.07) is 8.21. The van der Waals surface area contributed by atoms with Gasteiger partial charge in [-0.1, -0.05) is 32.0 Å². The topological polar surface area (TPSA) is 64.1 Å². The zero-order valence-electron chi connectivity index (χ0n) is 17.4. The SMILES string of the molecule is CN=C(NCCCOCC1CCOC1)NCCOc1ccccc1C(C)C.I. The van der Waals surface area contributed by atoms with Crippen molar-refractivity contribution in [3.05, 3.63) is 29.8 Å². The fraction of sp³-hybridized carbons (Fsp3) is 0.667. The Morgan fingerprint density at radius 3 is 2.71 bits per heavy atom. The van der Waals surface area contributed by atoms with Gasteiger partial charge in [0.05, 0.1) is 19.8 Å². The summed E-state index contributed by atoms with van der Waals surface area (Å²) >= 11 is 0. The molecule has 0 aromatic heterocycles. The summed E-state index contributed by atoms with van der Waals surface area (Å²) in [6.45, 7) is 9.77. The number of guanidine groups is 1. The predicted molar refractivity (Wildman–Crippen MR) is 125 cm³/mol. The molecule has 160 valence electrons. The number of para-hydroxylation sites is 1. The Morgan fingerprint density at radius 1 is 1.21 bits per heavy atom. The van der Waals surface area contributed by atoms with Gasteiger partial charge < -0.3 is 24.8 Å². The Hall–Kier alpha value is -1.06. The van der Waals surface area contributed by atoms with Crippen LogP contribution in [-0.2, 0) is 9.47 Å². The largest absolute Gasteiger partial charge is 0.491 e. The second kappa shape index (κ2) is 14.9. The Labute approximate surface area is 186 Å². The van der Waals surface area contributed by atoms with Gasteiger partial charge in [-0.25, -0.2) is 0 Å². The number of rotatable bonds is 11. The summed E-state index contributed by atoms with van der Waals surface area (Å²) in [5, 5.41) is 6.59. The fourth-order valence-electron chi connectivity index (χ4n) is 2.99. The number of hydrogen-bond donors (Lipinski definition) is 2. The second-order valence-corrected chi connectivity index (χ2v) is 7.12. The molecule has 1 heterocycles. The van der Waals surface area contributed by atoms with Crippen LogP contribution in [-0.4, -0.2) is 59.1 Å². The van der Waals surface area contributed by atoms with Crippen LogP contribution in [0, 0.1) is 5.92 Å². The molecule has 1 unspecified atom stereocenters. The highest BCUT2D eigenvalue weighted by molar-refractivity contribution is 14.0. The zero-order valence-corrected chi connectivity index (χ0v) is 19.7. The van der Waals surface area contributed by atoms with E-state index in [9.17, 15) is 0 Å². The maximum Gasteiger partial charge on any atom is 0.191 e. The minimum absolute atomic E-state index is 0. The van der Waals surface area contributed by atoms with Gasteiger partial charge in [0.25, 0.3) is 0 Å². The molecule has 7 heteroatoms. The number of hydrogen-bond acceptors (Lipinski definition) is 4. The Morgan fingerprint density at radius 2 is 2.00 bits per heavy atom. The van der Waals surface area contributed by atoms with Crippen molar-refractivity contribution in [1.82, 2.24) is 10.6 Å². The van der Waals surface area contributed by atoms with Crippen LogP contribution in [0.1, 0.15) is 38.2 Å². The molecule has 1 aromatic rings. The summed E-state index contributed by atoms with van der Waals surface area (Å²) < 4.78 is 17.0. The molecule has 0 aliphatic carbocycles. The van der Waals surface area contributed by atoms with Gasteiger partial charge in [-0.2, -0.15) is 0 Å². The van der Waals surface area contributed by atoms with Gasteiger partial charge in [-0.15, -0.1) is 24.0 Å². The van der Waals surface area contributed by atoms with E-state index in [1.807, 2.05) is 12.1 Å². The summed E-state index contributed by atoms with van der Waals surface area (Å²) in [5.41, 5.74) is 1.24. The standard InChI is InChI=1S/C21H35N3O3.HI/c1-17(2)19-7-4-5-8-20(19)27-14-11-24-21(22-3)23-10-6-12-25-15-18-9-13-26-16-18;/h4-5,7-8,17-18H,6,9-16H2,1-3H3,(H2,22,23,24);1H. The Balaban J connectivity index is 0.00000392. The lowest BCUT2D eigenvalue weighted by Crippen LogP contribution is -2.40. The normalized spacial score (nSPS) is 16.7. The van der Waals surface area contributed by atoms with Gasteiger partial charge in [0.2, 0.25) is 0 Å². The van der Waals surface area contributed by atoms with Gasteiger partial charge in [0.1, 0.15) is 12.4 Å². The average molecular weight is 505 g/mol. The molecule has 28 heavy (non-hydrogen) atoms. The first kappa shape index (κ1) is 25.0. The van der Waals surface area contributed by atoms with Crippen molar-refractivity contribution in [2.45, 2.75) is 32.6 Å². The van der Waals surface area contributed by atoms with Crippen molar-refractivity contribution in [3.8, 4) is 5.75 Å². The molecule has 1 atom stereocenters. The number of nitrogens with one attached hydrogen (secondary N) is 2. The monoisotopic (exact) mass is 505 g/mol. The van der Waals surface area contributed by atoms with Gasteiger partial charge in [-0.05, 0) is 30.4 Å². The molecule has 0 radical (unpaired) electrons. The number of ether oxygens (including phenoxy) is 3. The zero-order chi connectivity index (χ0) is 19.3. The summed E-state index contributed by atoms with van der Waals surface area (Å²) in [4.78, 5) is 4.24. The minimum atomic E-state index is 0. The van der Waals surface area contributed by atoms with Crippen LogP contribution in [0.2, 0.25) is 0 Å². The van der Waals surface area contributed by atoms with Crippen LogP contribution in [0.15, 0.2) is 29.3 Å². The van der Waals surface area contributed by atoms with Crippen molar-refractivity contribution >= 4 is 29.9 Å². The quantitative estimate of drug-likeness (QED) is 0.209. The molecule has 0 spiro atoms. The van der Waals surface area contributed by atoms with E-state index >= 15 is 0 Å². The molecule has 2 N–H and O–H groups in total. The third-order valence-electron chi connectivity index (χ3n) is 4.55. The predicted octanol–water partition coefficient (Wildman–Crippen LogP) is 3.42. The highest BCUT2D eigenvalue weighted by Gasteiger charge is 2.15. The van der Waals surface area contributed by atoms with E-state index in [4.69, 9.17) is 14.2 Å². The highest BCUT2D eigenvalue weighted by atomic mass is 127. The second-order valence-electron chi connectivity index (χ2n) is 7.12. The molecule has 1 saturated heterocycles. The maximum absolute atomic E-state index is 5.92.